The zero-order valence-corrected chi connectivity index (χ0v) is 17.2. The van der Waals surface area contributed by atoms with Gasteiger partial charge in [0.2, 0.25) is 0 Å². The molecular weight excluding hydrogens is 362 g/mol. The van der Waals surface area contributed by atoms with E-state index in [2.05, 4.69) is 128 Å². The van der Waals surface area contributed by atoms with E-state index in [0.717, 1.165) is 12.1 Å². The molecule has 1 nitrogen and oxygen atoms in total. The molecule has 5 rings (SSSR count). The quantitative estimate of drug-likeness (QED) is 0.378. The van der Waals surface area contributed by atoms with Crippen molar-refractivity contribution in [3.05, 3.63) is 121 Å². The first-order valence-electron chi connectivity index (χ1n) is 10.5. The van der Waals surface area contributed by atoms with Crippen molar-refractivity contribution in [2.45, 2.75) is 18.9 Å². The Hall–Kier alpha value is -3.58. The number of anilines is 1. The second kappa shape index (κ2) is 7.68. The smallest absolute Gasteiger partial charge is 0.0566 e. The monoisotopic (exact) mass is 387 g/mol. The van der Waals surface area contributed by atoms with Gasteiger partial charge in [-0.15, -0.1) is 0 Å². The van der Waals surface area contributed by atoms with E-state index in [9.17, 15) is 0 Å². The lowest BCUT2D eigenvalue weighted by Crippen LogP contribution is -2.33. The molecule has 1 unspecified atom stereocenters. The van der Waals surface area contributed by atoms with Gasteiger partial charge in [0.1, 0.15) is 0 Å². The summed E-state index contributed by atoms with van der Waals surface area (Å²) in [5.74, 6) is 0. The van der Waals surface area contributed by atoms with Crippen LogP contribution in [-0.4, -0.2) is 5.54 Å². The van der Waals surface area contributed by atoms with Crippen molar-refractivity contribution >= 4 is 22.0 Å². The van der Waals surface area contributed by atoms with Crippen LogP contribution in [0.1, 0.15) is 18.9 Å². The summed E-state index contributed by atoms with van der Waals surface area (Å²) >= 11 is 0. The number of fused-ring (bicyclic) bond motifs is 1. The normalized spacial score (nSPS) is 18.2. The second-order valence-electron chi connectivity index (χ2n) is 8.21. The van der Waals surface area contributed by atoms with Crippen LogP contribution in [0.4, 0.5) is 5.69 Å². The van der Waals surface area contributed by atoms with Gasteiger partial charge in [-0.2, -0.15) is 0 Å². The molecule has 0 bridgehead atoms. The zero-order chi connectivity index (χ0) is 20.4. The topological polar surface area (TPSA) is 12.0 Å². The number of hydrogen-bond donors (Lipinski definition) is 1. The summed E-state index contributed by atoms with van der Waals surface area (Å²) in [6, 6.07) is 34.4. The Kier molecular flexibility index (Phi) is 4.72. The first kappa shape index (κ1) is 18.4. The van der Waals surface area contributed by atoms with Crippen LogP contribution >= 0.6 is 0 Å². The van der Waals surface area contributed by atoms with Gasteiger partial charge in [-0.3, -0.25) is 0 Å². The minimum Gasteiger partial charge on any atom is -0.376 e. The highest BCUT2D eigenvalue weighted by Gasteiger charge is 2.23. The van der Waals surface area contributed by atoms with Crippen molar-refractivity contribution in [3.8, 4) is 11.1 Å². The Labute approximate surface area is 178 Å². The molecule has 1 heteroatoms. The summed E-state index contributed by atoms with van der Waals surface area (Å²) in [5, 5.41) is 6.31. The third-order valence-corrected chi connectivity index (χ3v) is 5.90. The minimum absolute atomic E-state index is 0.0949. The average Bonchev–Trinajstić information content (AvgIpc) is 2.80. The summed E-state index contributed by atoms with van der Waals surface area (Å²) < 4.78 is 0. The molecule has 1 aliphatic rings. The molecule has 0 saturated heterocycles. The standard InChI is InChI=1S/C29H25N/c1-29(30-26-16-14-23(15-17-26)22-8-3-2-4-9-22)20-18-25(19-21-29)28-13-7-11-24-10-5-6-12-27(24)28/h2-20,30H,21H2,1H3. The van der Waals surface area contributed by atoms with E-state index in [0.29, 0.717) is 0 Å². The number of hydrogen-bond acceptors (Lipinski definition) is 1. The summed E-state index contributed by atoms with van der Waals surface area (Å²) in [6.07, 6.45) is 7.86. The molecule has 0 aliphatic heterocycles. The van der Waals surface area contributed by atoms with Gasteiger partial charge in [0.05, 0.1) is 5.54 Å². The van der Waals surface area contributed by atoms with Gasteiger partial charge in [-0.1, -0.05) is 103 Å². The van der Waals surface area contributed by atoms with E-state index in [4.69, 9.17) is 0 Å². The van der Waals surface area contributed by atoms with Gasteiger partial charge >= 0.3 is 0 Å². The molecule has 1 atom stereocenters. The summed E-state index contributed by atoms with van der Waals surface area (Å²) in [7, 11) is 0. The molecule has 0 aromatic heterocycles. The highest BCUT2D eigenvalue weighted by atomic mass is 15.0. The maximum atomic E-state index is 3.71. The third kappa shape index (κ3) is 3.67. The number of allylic oxidation sites excluding steroid dienone is 2. The van der Waals surface area contributed by atoms with Crippen LogP contribution in [0.15, 0.2) is 115 Å². The third-order valence-electron chi connectivity index (χ3n) is 5.90. The first-order chi connectivity index (χ1) is 14.7. The maximum Gasteiger partial charge on any atom is 0.0566 e. The van der Waals surface area contributed by atoms with Crippen molar-refractivity contribution in [3.63, 3.8) is 0 Å². The van der Waals surface area contributed by atoms with Gasteiger partial charge < -0.3 is 5.32 Å². The molecule has 0 spiro atoms. The van der Waals surface area contributed by atoms with Crippen LogP contribution in [0.2, 0.25) is 0 Å². The van der Waals surface area contributed by atoms with Crippen LogP contribution in [0.3, 0.4) is 0 Å². The molecule has 0 heterocycles. The first-order valence-corrected chi connectivity index (χ1v) is 10.5. The highest BCUT2D eigenvalue weighted by molar-refractivity contribution is 5.96. The Morgan fingerprint density at radius 1 is 0.700 bits per heavy atom. The second-order valence-corrected chi connectivity index (χ2v) is 8.21. The molecule has 0 radical (unpaired) electrons. The van der Waals surface area contributed by atoms with Crippen LogP contribution in [0.25, 0.3) is 27.5 Å². The van der Waals surface area contributed by atoms with E-state index in [-0.39, 0.29) is 5.54 Å². The van der Waals surface area contributed by atoms with Crippen molar-refractivity contribution < 1.29 is 0 Å². The fourth-order valence-electron chi connectivity index (χ4n) is 4.21. The van der Waals surface area contributed by atoms with Crippen molar-refractivity contribution in [1.82, 2.24) is 0 Å². The predicted molar refractivity (Wildman–Crippen MR) is 130 cm³/mol. The molecule has 0 amide bonds. The average molecular weight is 388 g/mol. The summed E-state index contributed by atoms with van der Waals surface area (Å²) in [4.78, 5) is 0. The number of benzene rings is 4. The van der Waals surface area contributed by atoms with Gasteiger partial charge in [-0.25, -0.2) is 0 Å². The summed E-state index contributed by atoms with van der Waals surface area (Å²) in [5.41, 5.74) is 6.13. The minimum atomic E-state index is -0.0949. The molecule has 0 fully saturated rings. The van der Waals surface area contributed by atoms with E-state index in [1.54, 1.807) is 0 Å². The van der Waals surface area contributed by atoms with Crippen molar-refractivity contribution in [2.24, 2.45) is 0 Å². The molecular formula is C29H25N. The lowest BCUT2D eigenvalue weighted by molar-refractivity contribution is 0.642. The van der Waals surface area contributed by atoms with Crippen molar-refractivity contribution in [2.75, 3.05) is 5.32 Å². The lowest BCUT2D eigenvalue weighted by atomic mass is 9.86. The predicted octanol–water partition coefficient (Wildman–Crippen LogP) is 7.72. The largest absolute Gasteiger partial charge is 0.376 e. The molecule has 4 aromatic carbocycles. The van der Waals surface area contributed by atoms with Crippen LogP contribution < -0.4 is 5.32 Å². The van der Waals surface area contributed by atoms with Gasteiger partial charge in [0, 0.05) is 5.69 Å². The molecule has 0 saturated carbocycles. The fourth-order valence-corrected chi connectivity index (χ4v) is 4.21. The molecule has 30 heavy (non-hydrogen) atoms. The van der Waals surface area contributed by atoms with Crippen LogP contribution in [0.5, 0.6) is 0 Å². The molecule has 1 aliphatic carbocycles. The molecule has 4 aromatic rings. The number of rotatable bonds is 4. The Morgan fingerprint density at radius 3 is 2.17 bits per heavy atom. The number of nitrogens with one attached hydrogen (secondary N) is 1. The molecule has 146 valence electrons. The Balaban J connectivity index is 1.34. The summed E-state index contributed by atoms with van der Waals surface area (Å²) in [6.45, 7) is 2.25. The fraction of sp³-hybridized carbons (Fsp3) is 0.103. The van der Waals surface area contributed by atoms with E-state index in [1.165, 1.54) is 33.0 Å². The van der Waals surface area contributed by atoms with E-state index >= 15 is 0 Å². The van der Waals surface area contributed by atoms with Crippen molar-refractivity contribution in [1.29, 1.82) is 0 Å². The lowest BCUT2D eigenvalue weighted by Gasteiger charge is -2.31. The van der Waals surface area contributed by atoms with Gasteiger partial charge in [-0.05, 0) is 58.5 Å². The van der Waals surface area contributed by atoms with Crippen LogP contribution in [0, 0.1) is 0 Å². The SMILES string of the molecule is CC1(Nc2ccc(-c3ccccc3)cc2)C=CC(c2cccc3ccccc23)=CC1. The van der Waals surface area contributed by atoms with Gasteiger partial charge in [0.25, 0.3) is 0 Å². The van der Waals surface area contributed by atoms with Crippen LogP contribution in [-0.2, 0) is 0 Å². The molecule has 1 N–H and O–H groups in total. The zero-order valence-electron chi connectivity index (χ0n) is 17.2. The van der Waals surface area contributed by atoms with E-state index in [1.807, 2.05) is 0 Å². The Bertz CT molecular complexity index is 1230. The Morgan fingerprint density at radius 2 is 1.40 bits per heavy atom. The van der Waals surface area contributed by atoms with E-state index < -0.39 is 0 Å². The van der Waals surface area contributed by atoms with Gasteiger partial charge in [0.15, 0.2) is 0 Å². The highest BCUT2D eigenvalue weighted by Crippen LogP contribution is 2.33. The maximum absolute atomic E-state index is 3.71.